The number of hydrogen-bond donors (Lipinski definition) is 3. The first-order valence-corrected chi connectivity index (χ1v) is 10.9. The Bertz CT molecular complexity index is 578. The zero-order valence-corrected chi connectivity index (χ0v) is 17.4. The summed E-state index contributed by atoms with van der Waals surface area (Å²) in [5.74, 6) is -1.20. The third-order valence-electron chi connectivity index (χ3n) is 5.07. The summed E-state index contributed by atoms with van der Waals surface area (Å²) in [4.78, 5) is 11.2. The zero-order chi connectivity index (χ0) is 20.6. The van der Waals surface area contributed by atoms with Gasteiger partial charge in [-0.3, -0.25) is 0 Å². The molecule has 0 fully saturated rings. The van der Waals surface area contributed by atoms with Gasteiger partial charge in [0.05, 0.1) is 6.10 Å². The lowest BCUT2D eigenvalue weighted by Gasteiger charge is -2.07. The molecule has 0 aliphatic rings. The molecule has 0 aromatic heterocycles. The quantitative estimate of drug-likeness (QED) is 0.230. The first-order chi connectivity index (χ1) is 13.5. The summed E-state index contributed by atoms with van der Waals surface area (Å²) in [5, 5.41) is 28.1. The smallest absolute Gasteiger partial charge is 0.339 e. The Kier molecular flexibility index (Phi) is 13.1. The number of phenols is 1. The minimum absolute atomic E-state index is 0.0515. The van der Waals surface area contributed by atoms with Gasteiger partial charge in [0.1, 0.15) is 11.3 Å². The Labute approximate surface area is 170 Å². The van der Waals surface area contributed by atoms with Crippen LogP contribution in [0.1, 0.15) is 99.9 Å². The van der Waals surface area contributed by atoms with Gasteiger partial charge in [0.25, 0.3) is 0 Å². The number of aromatic hydroxyl groups is 1. The molecule has 158 valence electrons. The normalized spacial score (nSPS) is 12.5. The molecule has 0 amide bonds. The molecule has 1 aromatic rings. The maximum absolute atomic E-state index is 11.2. The Morgan fingerprint density at radius 2 is 1.50 bits per heavy atom. The summed E-state index contributed by atoms with van der Waals surface area (Å²) in [5.41, 5.74) is 0.775. The average Bonchev–Trinajstić information content (AvgIpc) is 2.64. The Morgan fingerprint density at radius 3 is 2.11 bits per heavy atom. The molecule has 0 aliphatic carbocycles. The van der Waals surface area contributed by atoms with Gasteiger partial charge in [-0.25, -0.2) is 4.79 Å². The van der Waals surface area contributed by atoms with Crippen molar-refractivity contribution in [3.8, 4) is 5.75 Å². The highest BCUT2D eigenvalue weighted by molar-refractivity contribution is 5.92. The van der Waals surface area contributed by atoms with E-state index in [9.17, 15) is 20.1 Å². The van der Waals surface area contributed by atoms with Crippen molar-refractivity contribution in [1.82, 2.24) is 0 Å². The largest absolute Gasteiger partial charge is 0.507 e. The van der Waals surface area contributed by atoms with Gasteiger partial charge in [-0.1, -0.05) is 62.8 Å². The van der Waals surface area contributed by atoms with E-state index in [1.54, 1.807) is 12.1 Å². The molecular formula is C24H38O4. The molecule has 3 N–H and O–H groups in total. The topological polar surface area (TPSA) is 77.8 Å². The monoisotopic (exact) mass is 390 g/mol. The predicted molar refractivity (Wildman–Crippen MR) is 115 cm³/mol. The number of unbranched alkanes of at least 4 members (excludes halogenated alkanes) is 9. The standard InChI is InChI=1S/C24H38O4/c1-20(25)16-13-11-9-7-5-3-2-4-6-8-10-12-14-17-21-18-15-19-22(26)23(21)24(27)28/h2-3,15,18-20,25-26H,4-14,16-17H2,1H3,(H,27,28)/t20-/m1/s1. The van der Waals surface area contributed by atoms with Gasteiger partial charge in [0.2, 0.25) is 0 Å². The van der Waals surface area contributed by atoms with E-state index in [1.165, 1.54) is 44.6 Å². The maximum Gasteiger partial charge on any atom is 0.339 e. The van der Waals surface area contributed by atoms with Crippen LogP contribution in [0.5, 0.6) is 5.75 Å². The zero-order valence-electron chi connectivity index (χ0n) is 17.4. The number of aliphatic hydroxyl groups excluding tert-OH is 1. The van der Waals surface area contributed by atoms with Gasteiger partial charge >= 0.3 is 5.97 Å². The van der Waals surface area contributed by atoms with Gasteiger partial charge < -0.3 is 15.3 Å². The first kappa shape index (κ1) is 24.2. The molecular weight excluding hydrogens is 352 g/mol. The van der Waals surface area contributed by atoms with Crippen molar-refractivity contribution >= 4 is 5.97 Å². The Balaban J connectivity index is 1.99. The van der Waals surface area contributed by atoms with E-state index in [-0.39, 0.29) is 17.4 Å². The molecule has 0 saturated heterocycles. The molecule has 0 radical (unpaired) electrons. The second-order valence-corrected chi connectivity index (χ2v) is 7.73. The molecule has 4 heteroatoms. The lowest BCUT2D eigenvalue weighted by atomic mass is 9.99. The fourth-order valence-electron chi connectivity index (χ4n) is 3.44. The van der Waals surface area contributed by atoms with Crippen LogP contribution in [0.15, 0.2) is 30.4 Å². The molecule has 0 saturated carbocycles. The van der Waals surface area contributed by atoms with E-state index in [2.05, 4.69) is 12.2 Å². The van der Waals surface area contributed by atoms with Gasteiger partial charge in [-0.05, 0) is 63.5 Å². The van der Waals surface area contributed by atoms with E-state index >= 15 is 0 Å². The second kappa shape index (κ2) is 15.2. The van der Waals surface area contributed by atoms with Crippen LogP contribution in [0.3, 0.4) is 0 Å². The maximum atomic E-state index is 11.2. The van der Waals surface area contributed by atoms with E-state index in [1.807, 2.05) is 6.92 Å². The summed E-state index contributed by atoms with van der Waals surface area (Å²) in [7, 11) is 0. The third-order valence-corrected chi connectivity index (χ3v) is 5.07. The molecule has 0 unspecified atom stereocenters. The van der Waals surface area contributed by atoms with Crippen LogP contribution in [-0.2, 0) is 6.42 Å². The number of rotatable bonds is 16. The molecule has 28 heavy (non-hydrogen) atoms. The summed E-state index contributed by atoms with van der Waals surface area (Å²) in [6.45, 7) is 1.85. The number of carboxylic acids is 1. The lowest BCUT2D eigenvalue weighted by Crippen LogP contribution is -2.03. The van der Waals surface area contributed by atoms with Crippen LogP contribution in [0.25, 0.3) is 0 Å². The highest BCUT2D eigenvalue weighted by Gasteiger charge is 2.14. The first-order valence-electron chi connectivity index (χ1n) is 10.9. The van der Waals surface area contributed by atoms with Crippen molar-refractivity contribution in [2.45, 2.75) is 96.5 Å². The highest BCUT2D eigenvalue weighted by Crippen LogP contribution is 2.23. The molecule has 0 aliphatic heterocycles. The number of aryl methyl sites for hydroxylation is 1. The fraction of sp³-hybridized carbons (Fsp3) is 0.625. The Hall–Kier alpha value is -1.81. The van der Waals surface area contributed by atoms with Crippen LogP contribution in [0, 0.1) is 0 Å². The van der Waals surface area contributed by atoms with Crippen LogP contribution < -0.4 is 0 Å². The minimum atomic E-state index is -1.06. The van der Waals surface area contributed by atoms with Crippen molar-refractivity contribution in [2.24, 2.45) is 0 Å². The van der Waals surface area contributed by atoms with Crippen molar-refractivity contribution in [3.05, 3.63) is 41.5 Å². The number of benzene rings is 1. The second-order valence-electron chi connectivity index (χ2n) is 7.73. The summed E-state index contributed by atoms with van der Waals surface area (Å²) in [6.07, 6.45) is 18.8. The van der Waals surface area contributed by atoms with Crippen LogP contribution in [0.4, 0.5) is 0 Å². The molecule has 1 rings (SSSR count). The summed E-state index contributed by atoms with van der Waals surface area (Å²) >= 11 is 0. The number of carbonyl (C=O) groups is 1. The van der Waals surface area contributed by atoms with Crippen molar-refractivity contribution in [2.75, 3.05) is 0 Å². The van der Waals surface area contributed by atoms with Crippen molar-refractivity contribution in [3.63, 3.8) is 0 Å². The molecule has 4 nitrogen and oxygen atoms in total. The number of carboxylic acid groups (broad SMARTS) is 1. The number of allylic oxidation sites excluding steroid dienone is 2. The van der Waals surface area contributed by atoms with Crippen molar-refractivity contribution in [1.29, 1.82) is 0 Å². The fourth-order valence-corrected chi connectivity index (χ4v) is 3.44. The van der Waals surface area contributed by atoms with Crippen LogP contribution >= 0.6 is 0 Å². The highest BCUT2D eigenvalue weighted by atomic mass is 16.4. The van der Waals surface area contributed by atoms with E-state index in [0.717, 1.165) is 44.1 Å². The number of hydrogen-bond acceptors (Lipinski definition) is 3. The van der Waals surface area contributed by atoms with E-state index < -0.39 is 5.97 Å². The van der Waals surface area contributed by atoms with Gasteiger partial charge in [-0.15, -0.1) is 0 Å². The molecule has 0 spiro atoms. The molecule has 1 aromatic carbocycles. The molecule has 1 atom stereocenters. The number of aromatic carboxylic acids is 1. The third kappa shape index (κ3) is 11.1. The predicted octanol–water partition coefficient (Wildman–Crippen LogP) is 6.25. The SMILES string of the molecule is C[C@@H](O)CCCCCCC=CCCCCCCCc1cccc(O)c1C(=O)O. The molecule has 0 bridgehead atoms. The number of aliphatic hydroxyl groups is 1. The van der Waals surface area contributed by atoms with Gasteiger partial charge in [0, 0.05) is 0 Å². The van der Waals surface area contributed by atoms with Crippen molar-refractivity contribution < 1.29 is 20.1 Å². The summed E-state index contributed by atoms with van der Waals surface area (Å²) < 4.78 is 0. The summed E-state index contributed by atoms with van der Waals surface area (Å²) in [6, 6.07) is 4.93. The molecule has 0 heterocycles. The van der Waals surface area contributed by atoms with Crippen LogP contribution in [-0.4, -0.2) is 27.4 Å². The van der Waals surface area contributed by atoms with Gasteiger partial charge in [-0.2, -0.15) is 0 Å². The lowest BCUT2D eigenvalue weighted by molar-refractivity contribution is 0.0692. The van der Waals surface area contributed by atoms with E-state index in [0.29, 0.717) is 6.42 Å². The van der Waals surface area contributed by atoms with E-state index in [4.69, 9.17) is 0 Å². The van der Waals surface area contributed by atoms with Crippen LogP contribution in [0.2, 0.25) is 0 Å². The Morgan fingerprint density at radius 1 is 0.929 bits per heavy atom. The minimum Gasteiger partial charge on any atom is -0.507 e. The van der Waals surface area contributed by atoms with Gasteiger partial charge in [0.15, 0.2) is 0 Å². The average molecular weight is 391 g/mol.